The first-order valence-corrected chi connectivity index (χ1v) is 14.3. The van der Waals surface area contributed by atoms with Crippen LogP contribution in [0, 0.1) is 12.3 Å². The van der Waals surface area contributed by atoms with Crippen LogP contribution in [0.3, 0.4) is 0 Å². The molecule has 2 aliphatic rings. The van der Waals surface area contributed by atoms with Crippen molar-refractivity contribution in [2.45, 2.75) is 19.9 Å². The summed E-state index contributed by atoms with van der Waals surface area (Å²) in [5, 5.41) is 16.7. The maximum absolute atomic E-state index is 13.1. The van der Waals surface area contributed by atoms with E-state index in [1.54, 1.807) is 13.2 Å². The molecule has 0 saturated carbocycles. The summed E-state index contributed by atoms with van der Waals surface area (Å²) in [5.41, 5.74) is 3.09. The number of para-hydroxylation sites is 2. The number of hydrazone groups is 1. The zero-order valence-electron chi connectivity index (χ0n) is 23.2. The Hall–Kier alpha value is -4.83. The highest BCUT2D eigenvalue weighted by Gasteiger charge is 2.36. The Kier molecular flexibility index (Phi) is 7.78. The highest BCUT2D eigenvalue weighted by atomic mass is 32.2. The third-order valence-electron chi connectivity index (χ3n) is 6.93. The van der Waals surface area contributed by atoms with Gasteiger partial charge in [0.1, 0.15) is 28.9 Å². The quantitative estimate of drug-likeness (QED) is 0.179. The van der Waals surface area contributed by atoms with Crippen LogP contribution < -0.4 is 14.2 Å². The van der Waals surface area contributed by atoms with Crippen LogP contribution in [0.2, 0.25) is 0 Å². The predicted octanol–water partition coefficient (Wildman–Crippen LogP) is 6.13. The maximum atomic E-state index is 13.1. The van der Waals surface area contributed by atoms with Crippen LogP contribution >= 0.6 is 11.8 Å². The molecule has 2 aliphatic heterocycles. The Morgan fingerprint density at radius 3 is 2.55 bits per heavy atom. The van der Waals surface area contributed by atoms with Gasteiger partial charge >= 0.3 is 0 Å². The number of benzene rings is 3. The number of hydrogen-bond donors (Lipinski definition) is 1. The molecule has 4 aromatic rings. The van der Waals surface area contributed by atoms with Crippen LogP contribution in [0.5, 0.6) is 17.2 Å². The number of carbonyl (C=O) groups excluding carboxylic acids is 1. The number of nitrogens with one attached hydrogen (secondary N) is 1. The Bertz CT molecular complexity index is 1760. The average molecular weight is 580 g/mol. The lowest BCUT2D eigenvalue weighted by Gasteiger charge is -2.20. The molecule has 0 atom stereocenters. The second-order valence-electron chi connectivity index (χ2n) is 9.74. The summed E-state index contributed by atoms with van der Waals surface area (Å²) in [7, 11) is 1.64. The van der Waals surface area contributed by atoms with E-state index in [1.165, 1.54) is 16.8 Å². The normalized spacial score (nSPS) is 15.6. The summed E-state index contributed by atoms with van der Waals surface area (Å²) >= 11 is 1.24. The Morgan fingerprint density at radius 2 is 1.74 bits per heavy atom. The van der Waals surface area contributed by atoms with E-state index in [-0.39, 0.29) is 18.0 Å². The summed E-state index contributed by atoms with van der Waals surface area (Å²) in [6.07, 6.45) is 4.53. The van der Waals surface area contributed by atoms with Gasteiger partial charge in [-0.1, -0.05) is 36.4 Å². The van der Waals surface area contributed by atoms with Crippen molar-refractivity contribution in [2.24, 2.45) is 10.1 Å². The van der Waals surface area contributed by atoms with Gasteiger partial charge in [-0.25, -0.2) is 0 Å². The molecule has 3 aromatic carbocycles. The fourth-order valence-corrected chi connectivity index (χ4v) is 5.57. The third-order valence-corrected chi connectivity index (χ3v) is 7.81. The number of amidine groups is 2. The van der Waals surface area contributed by atoms with Crippen LogP contribution in [0.1, 0.15) is 17.5 Å². The molecule has 0 radical (unpaired) electrons. The number of fused-ring (bicyclic) bond motifs is 2. The standard InChI is InChI=1S/C32H29N5O4S/c1-21-8-3-6-11-28(21)41-20-29-35-37-30(33)26(31(38)34-32(37)42-29)18-22-19-36(27-10-5-4-9-25(22)27)16-7-17-40-24-14-12-23(39-2)13-15-24/h3-6,8-15,18-19,33H,7,16-17,20H2,1-2H3/b26-18-,33-30?. The molecule has 0 unspecified atom stereocenters. The minimum absolute atomic E-state index is 0.00638. The first-order chi connectivity index (χ1) is 20.5. The second-order valence-corrected chi connectivity index (χ2v) is 10.8. The van der Waals surface area contributed by atoms with Crippen LogP contribution in [-0.4, -0.2) is 51.9 Å². The van der Waals surface area contributed by atoms with Crippen molar-refractivity contribution < 1.29 is 19.0 Å². The number of methoxy groups -OCH3 is 1. The largest absolute Gasteiger partial charge is 0.497 e. The van der Waals surface area contributed by atoms with Gasteiger partial charge in [0.15, 0.2) is 5.84 Å². The molecule has 0 aliphatic carbocycles. The van der Waals surface area contributed by atoms with Gasteiger partial charge in [-0.2, -0.15) is 15.1 Å². The van der Waals surface area contributed by atoms with Gasteiger partial charge in [0.2, 0.25) is 5.17 Å². The fourth-order valence-electron chi connectivity index (χ4n) is 4.78. The lowest BCUT2D eigenvalue weighted by atomic mass is 10.1. The number of amides is 1. The minimum Gasteiger partial charge on any atom is -0.497 e. The lowest BCUT2D eigenvalue weighted by molar-refractivity contribution is -0.114. The van der Waals surface area contributed by atoms with Crippen molar-refractivity contribution in [3.8, 4) is 17.2 Å². The molecule has 0 bridgehead atoms. The third kappa shape index (κ3) is 5.66. The minimum atomic E-state index is -0.459. The van der Waals surface area contributed by atoms with E-state index in [0.29, 0.717) is 16.8 Å². The topological polar surface area (TPSA) is 102 Å². The molecule has 6 rings (SSSR count). The number of carbonyl (C=O) groups is 1. The highest BCUT2D eigenvalue weighted by Crippen LogP contribution is 2.31. The molecule has 1 N–H and O–H groups in total. The maximum Gasteiger partial charge on any atom is 0.283 e. The van der Waals surface area contributed by atoms with Crippen LogP contribution in [0.4, 0.5) is 0 Å². The van der Waals surface area contributed by atoms with E-state index in [4.69, 9.17) is 19.6 Å². The Balaban J connectivity index is 1.16. The molecule has 1 aromatic heterocycles. The van der Waals surface area contributed by atoms with Crippen molar-refractivity contribution in [3.05, 3.63) is 95.7 Å². The number of ether oxygens (including phenoxy) is 3. The zero-order valence-corrected chi connectivity index (χ0v) is 24.1. The second kappa shape index (κ2) is 12.0. The summed E-state index contributed by atoms with van der Waals surface area (Å²) in [4.78, 5) is 17.3. The van der Waals surface area contributed by atoms with Crippen molar-refractivity contribution >= 4 is 50.7 Å². The van der Waals surface area contributed by atoms with Crippen molar-refractivity contribution in [1.82, 2.24) is 9.58 Å². The van der Waals surface area contributed by atoms with Crippen molar-refractivity contribution in [3.63, 3.8) is 0 Å². The first kappa shape index (κ1) is 27.3. The van der Waals surface area contributed by atoms with E-state index in [2.05, 4.69) is 14.7 Å². The molecule has 9 nitrogen and oxygen atoms in total. The van der Waals surface area contributed by atoms with Crippen molar-refractivity contribution in [1.29, 1.82) is 5.41 Å². The smallest absolute Gasteiger partial charge is 0.283 e. The van der Waals surface area contributed by atoms with Gasteiger partial charge in [-0.15, -0.1) is 0 Å². The van der Waals surface area contributed by atoms with Gasteiger partial charge in [0, 0.05) is 29.2 Å². The molecule has 42 heavy (non-hydrogen) atoms. The van der Waals surface area contributed by atoms with Crippen molar-refractivity contribution in [2.75, 3.05) is 20.3 Å². The van der Waals surface area contributed by atoms with Gasteiger partial charge < -0.3 is 18.8 Å². The van der Waals surface area contributed by atoms with Gasteiger partial charge in [0.25, 0.3) is 5.91 Å². The number of thioether (sulfide) groups is 1. The Labute approximate surface area is 247 Å². The van der Waals surface area contributed by atoms with Gasteiger partial charge in [-0.05, 0) is 73.1 Å². The summed E-state index contributed by atoms with van der Waals surface area (Å²) in [6.45, 7) is 3.48. The SMILES string of the molecule is COc1ccc(OCCCn2cc(/C=C3/C(=N)N4N=C(COc5ccccc5C)SC4=NC3=O)c3ccccc32)cc1. The number of aromatic nitrogens is 1. The lowest BCUT2D eigenvalue weighted by Crippen LogP contribution is -2.35. The molecule has 0 spiro atoms. The number of aliphatic imine (C=N–C) groups is 1. The zero-order chi connectivity index (χ0) is 29.1. The van der Waals surface area contributed by atoms with E-state index in [9.17, 15) is 4.79 Å². The molecular formula is C32H29N5O4S. The molecule has 1 amide bonds. The van der Waals surface area contributed by atoms with Gasteiger partial charge in [-0.3, -0.25) is 10.2 Å². The van der Waals surface area contributed by atoms with Gasteiger partial charge in [0.05, 0.1) is 19.3 Å². The molecule has 0 fully saturated rings. The van der Waals surface area contributed by atoms with E-state index in [1.807, 2.05) is 85.9 Å². The molecule has 0 saturated heterocycles. The van der Waals surface area contributed by atoms with Crippen LogP contribution in [0.15, 0.2) is 94.7 Å². The summed E-state index contributed by atoms with van der Waals surface area (Å²) in [5.74, 6) is 1.88. The van der Waals surface area contributed by atoms with E-state index in [0.717, 1.165) is 52.2 Å². The molecule has 3 heterocycles. The predicted molar refractivity (Wildman–Crippen MR) is 167 cm³/mol. The molecular weight excluding hydrogens is 550 g/mol. The summed E-state index contributed by atoms with van der Waals surface area (Å²) in [6, 6.07) is 23.3. The van der Waals surface area contributed by atoms with Crippen LogP contribution in [-0.2, 0) is 11.3 Å². The number of hydrogen-bond acceptors (Lipinski definition) is 7. The molecule has 212 valence electrons. The number of nitrogens with zero attached hydrogens (tertiary/aromatic N) is 4. The highest BCUT2D eigenvalue weighted by molar-refractivity contribution is 8.27. The first-order valence-electron chi connectivity index (χ1n) is 13.5. The monoisotopic (exact) mass is 579 g/mol. The van der Waals surface area contributed by atoms with E-state index < -0.39 is 5.91 Å². The van der Waals surface area contributed by atoms with Crippen LogP contribution in [0.25, 0.3) is 17.0 Å². The fraction of sp³-hybridized carbons (Fsp3) is 0.188. The van der Waals surface area contributed by atoms with E-state index >= 15 is 0 Å². The number of rotatable bonds is 10. The summed E-state index contributed by atoms with van der Waals surface area (Å²) < 4.78 is 19.2. The number of aryl methyl sites for hydroxylation is 2. The molecule has 10 heteroatoms. The Morgan fingerprint density at radius 1 is 0.976 bits per heavy atom. The average Bonchev–Trinajstić information content (AvgIpc) is 3.58.